The fraction of sp³-hybridized carbons (Fsp3) is 0.444. The SMILES string of the molecule is O=C(CCc1ccccc1)N1CCC(Cn2ccnc2)CC1. The maximum Gasteiger partial charge on any atom is 0.222 e. The standard InChI is InChI=1S/C18H23N3O/c22-18(7-6-16-4-2-1-3-5-16)21-11-8-17(9-12-21)14-20-13-10-19-15-20/h1-5,10,13,15,17H,6-9,11-12,14H2. The molecule has 1 amide bonds. The first kappa shape index (κ1) is 14.8. The summed E-state index contributed by atoms with van der Waals surface area (Å²) in [5, 5.41) is 0. The number of likely N-dealkylation sites (tertiary alicyclic amines) is 1. The number of hydrogen-bond donors (Lipinski definition) is 0. The Morgan fingerprint density at radius 2 is 1.95 bits per heavy atom. The van der Waals surface area contributed by atoms with Gasteiger partial charge < -0.3 is 9.47 Å². The molecule has 2 heterocycles. The second kappa shape index (κ2) is 7.25. The van der Waals surface area contributed by atoms with Crippen molar-refractivity contribution in [1.82, 2.24) is 14.5 Å². The Morgan fingerprint density at radius 3 is 2.64 bits per heavy atom. The van der Waals surface area contributed by atoms with Crippen LogP contribution in [-0.2, 0) is 17.8 Å². The number of aromatic nitrogens is 2. The third kappa shape index (κ3) is 3.97. The maximum absolute atomic E-state index is 12.3. The second-order valence-electron chi connectivity index (χ2n) is 6.07. The van der Waals surface area contributed by atoms with Gasteiger partial charge in [-0.1, -0.05) is 30.3 Å². The molecule has 0 saturated carbocycles. The van der Waals surface area contributed by atoms with Gasteiger partial charge in [-0.25, -0.2) is 4.98 Å². The molecule has 1 aromatic heterocycles. The molecule has 1 aliphatic heterocycles. The smallest absolute Gasteiger partial charge is 0.222 e. The lowest BCUT2D eigenvalue weighted by molar-refractivity contribution is -0.132. The van der Waals surface area contributed by atoms with E-state index in [1.54, 1.807) is 0 Å². The lowest BCUT2D eigenvalue weighted by atomic mass is 9.96. The highest BCUT2D eigenvalue weighted by molar-refractivity contribution is 5.76. The van der Waals surface area contributed by atoms with Crippen molar-refractivity contribution in [2.75, 3.05) is 13.1 Å². The summed E-state index contributed by atoms with van der Waals surface area (Å²) in [6.45, 7) is 2.81. The first-order valence-electron chi connectivity index (χ1n) is 8.09. The predicted molar refractivity (Wildman–Crippen MR) is 86.3 cm³/mol. The second-order valence-corrected chi connectivity index (χ2v) is 6.07. The third-order valence-electron chi connectivity index (χ3n) is 4.47. The quantitative estimate of drug-likeness (QED) is 0.851. The monoisotopic (exact) mass is 297 g/mol. The molecule has 116 valence electrons. The van der Waals surface area contributed by atoms with E-state index in [1.807, 2.05) is 41.8 Å². The molecule has 0 bridgehead atoms. The first-order chi connectivity index (χ1) is 10.8. The van der Waals surface area contributed by atoms with Crippen LogP contribution < -0.4 is 0 Å². The minimum Gasteiger partial charge on any atom is -0.343 e. The molecule has 1 saturated heterocycles. The van der Waals surface area contributed by atoms with Gasteiger partial charge in [0.1, 0.15) is 0 Å². The zero-order valence-corrected chi connectivity index (χ0v) is 12.9. The number of nitrogens with zero attached hydrogens (tertiary/aromatic N) is 3. The Labute approximate surface area is 131 Å². The largest absolute Gasteiger partial charge is 0.343 e. The molecule has 0 aliphatic carbocycles. The summed E-state index contributed by atoms with van der Waals surface area (Å²) in [7, 11) is 0. The average Bonchev–Trinajstić information content (AvgIpc) is 3.07. The highest BCUT2D eigenvalue weighted by Crippen LogP contribution is 2.20. The molecule has 3 rings (SSSR count). The van der Waals surface area contributed by atoms with Gasteiger partial charge in [-0.2, -0.15) is 0 Å². The topological polar surface area (TPSA) is 38.1 Å². The number of hydrogen-bond acceptors (Lipinski definition) is 2. The molecule has 0 N–H and O–H groups in total. The number of rotatable bonds is 5. The Hall–Kier alpha value is -2.10. The number of amides is 1. The molecule has 1 fully saturated rings. The number of carbonyl (C=O) groups is 1. The van der Waals surface area contributed by atoms with Crippen LogP contribution in [0.25, 0.3) is 0 Å². The molecule has 4 nitrogen and oxygen atoms in total. The molecular formula is C18H23N3O. The van der Waals surface area contributed by atoms with Gasteiger partial charge in [0.25, 0.3) is 0 Å². The maximum atomic E-state index is 12.3. The van der Waals surface area contributed by atoms with Crippen molar-refractivity contribution < 1.29 is 4.79 Å². The molecule has 0 unspecified atom stereocenters. The van der Waals surface area contributed by atoms with Crippen LogP contribution >= 0.6 is 0 Å². The Bertz CT molecular complexity index is 572. The van der Waals surface area contributed by atoms with Crippen LogP contribution in [0.1, 0.15) is 24.8 Å². The van der Waals surface area contributed by atoms with E-state index < -0.39 is 0 Å². The zero-order chi connectivity index (χ0) is 15.2. The fourth-order valence-corrected chi connectivity index (χ4v) is 3.11. The molecule has 0 radical (unpaired) electrons. The van der Waals surface area contributed by atoms with Crippen LogP contribution in [0.4, 0.5) is 0 Å². The van der Waals surface area contributed by atoms with E-state index in [4.69, 9.17) is 0 Å². The number of benzene rings is 1. The van der Waals surface area contributed by atoms with Gasteiger partial charge in [0.05, 0.1) is 6.33 Å². The number of imidazole rings is 1. The molecule has 0 spiro atoms. The minimum atomic E-state index is 0.296. The van der Waals surface area contributed by atoms with Gasteiger partial charge in [-0.3, -0.25) is 4.79 Å². The lowest BCUT2D eigenvalue weighted by Gasteiger charge is -2.32. The number of piperidine rings is 1. The van der Waals surface area contributed by atoms with Crippen molar-refractivity contribution >= 4 is 5.91 Å². The molecule has 1 aliphatic rings. The van der Waals surface area contributed by atoms with Crippen molar-refractivity contribution in [2.24, 2.45) is 5.92 Å². The van der Waals surface area contributed by atoms with E-state index in [-0.39, 0.29) is 0 Å². The summed E-state index contributed by atoms with van der Waals surface area (Å²) in [6.07, 6.45) is 9.35. The van der Waals surface area contributed by atoms with Crippen LogP contribution in [0.15, 0.2) is 49.1 Å². The summed E-state index contributed by atoms with van der Waals surface area (Å²) in [5.41, 5.74) is 1.24. The average molecular weight is 297 g/mol. The van der Waals surface area contributed by atoms with Crippen LogP contribution in [0.5, 0.6) is 0 Å². The molecule has 2 aromatic rings. The van der Waals surface area contributed by atoms with E-state index in [0.29, 0.717) is 18.2 Å². The summed E-state index contributed by atoms with van der Waals surface area (Å²) >= 11 is 0. The van der Waals surface area contributed by atoms with Crippen molar-refractivity contribution in [2.45, 2.75) is 32.2 Å². The fourth-order valence-electron chi connectivity index (χ4n) is 3.11. The Kier molecular flexibility index (Phi) is 4.88. The van der Waals surface area contributed by atoms with Gasteiger partial charge in [0, 0.05) is 38.4 Å². The number of carbonyl (C=O) groups excluding carboxylic acids is 1. The van der Waals surface area contributed by atoms with Gasteiger partial charge in [0.2, 0.25) is 5.91 Å². The molecule has 22 heavy (non-hydrogen) atoms. The zero-order valence-electron chi connectivity index (χ0n) is 12.9. The third-order valence-corrected chi connectivity index (χ3v) is 4.47. The van der Waals surface area contributed by atoms with E-state index >= 15 is 0 Å². The highest BCUT2D eigenvalue weighted by Gasteiger charge is 2.22. The van der Waals surface area contributed by atoms with Gasteiger partial charge >= 0.3 is 0 Å². The van der Waals surface area contributed by atoms with Crippen LogP contribution in [0.2, 0.25) is 0 Å². The molecule has 1 aromatic carbocycles. The van der Waals surface area contributed by atoms with Crippen molar-refractivity contribution in [3.8, 4) is 0 Å². The van der Waals surface area contributed by atoms with Crippen LogP contribution in [0.3, 0.4) is 0 Å². The molecule has 0 atom stereocenters. The van der Waals surface area contributed by atoms with E-state index in [0.717, 1.165) is 38.9 Å². The van der Waals surface area contributed by atoms with Crippen LogP contribution in [-0.4, -0.2) is 33.4 Å². The Morgan fingerprint density at radius 1 is 1.18 bits per heavy atom. The molecular weight excluding hydrogens is 274 g/mol. The number of aryl methyl sites for hydroxylation is 1. The predicted octanol–water partition coefficient (Wildman–Crippen LogP) is 2.75. The summed E-state index contributed by atoms with van der Waals surface area (Å²) < 4.78 is 2.14. The minimum absolute atomic E-state index is 0.296. The van der Waals surface area contributed by atoms with Crippen molar-refractivity contribution in [3.05, 3.63) is 54.6 Å². The van der Waals surface area contributed by atoms with Crippen molar-refractivity contribution in [1.29, 1.82) is 0 Å². The van der Waals surface area contributed by atoms with Gasteiger partial charge in [-0.15, -0.1) is 0 Å². The van der Waals surface area contributed by atoms with Gasteiger partial charge in [-0.05, 0) is 30.7 Å². The van der Waals surface area contributed by atoms with Gasteiger partial charge in [0.15, 0.2) is 0 Å². The first-order valence-corrected chi connectivity index (χ1v) is 8.09. The molecule has 4 heteroatoms. The lowest BCUT2D eigenvalue weighted by Crippen LogP contribution is -2.39. The summed E-state index contributed by atoms with van der Waals surface area (Å²) in [5.74, 6) is 0.956. The summed E-state index contributed by atoms with van der Waals surface area (Å²) in [4.78, 5) is 18.4. The summed E-state index contributed by atoms with van der Waals surface area (Å²) in [6, 6.07) is 10.2. The highest BCUT2D eigenvalue weighted by atomic mass is 16.2. The normalized spacial score (nSPS) is 15.9. The van der Waals surface area contributed by atoms with E-state index in [1.165, 1.54) is 5.56 Å². The Balaban J connectivity index is 1.42. The van der Waals surface area contributed by atoms with E-state index in [2.05, 4.69) is 21.7 Å². The van der Waals surface area contributed by atoms with E-state index in [9.17, 15) is 4.79 Å². The van der Waals surface area contributed by atoms with Crippen LogP contribution in [0, 0.1) is 5.92 Å². The van der Waals surface area contributed by atoms with Crippen molar-refractivity contribution in [3.63, 3.8) is 0 Å².